The van der Waals surface area contributed by atoms with Crippen molar-refractivity contribution in [2.75, 3.05) is 0 Å². The fraction of sp³-hybridized carbons (Fsp3) is 0.211. The molecular weight excluding hydrogens is 306 g/mol. The maximum atomic E-state index is 13.0. The molecule has 2 aromatic heterocycles. The van der Waals surface area contributed by atoms with Gasteiger partial charge in [0.15, 0.2) is 0 Å². The molecule has 0 spiro atoms. The van der Waals surface area contributed by atoms with E-state index in [0.29, 0.717) is 12.0 Å². The average molecular weight is 325 g/mol. The van der Waals surface area contributed by atoms with Crippen LogP contribution in [0.2, 0.25) is 0 Å². The van der Waals surface area contributed by atoms with Gasteiger partial charge in [-0.2, -0.15) is 0 Å². The van der Waals surface area contributed by atoms with Gasteiger partial charge in [0.05, 0.1) is 16.1 Å². The summed E-state index contributed by atoms with van der Waals surface area (Å²) < 4.78 is 1.70. The number of pyridine rings is 1. The first-order valence-corrected chi connectivity index (χ1v) is 8.67. The fourth-order valence-corrected chi connectivity index (χ4v) is 3.39. The van der Waals surface area contributed by atoms with Gasteiger partial charge in [-0.05, 0) is 36.4 Å². The summed E-state index contributed by atoms with van der Waals surface area (Å²) in [4.78, 5) is 14.0. The number of hydrogen-bond donors (Lipinski definition) is 1. The standard InChI is InChI=1S/C19H19NO2S/c1-2-3-10-15-17(21)13-16(18-11-7-12-23-18)20(19(15)22)14-8-5-4-6-9-14/h4-9,11-13,21H,2-3,10H2,1H3. The highest BCUT2D eigenvalue weighted by molar-refractivity contribution is 7.13. The summed E-state index contributed by atoms with van der Waals surface area (Å²) in [6.45, 7) is 2.08. The molecule has 0 unspecified atom stereocenters. The number of benzene rings is 1. The Hall–Kier alpha value is -2.33. The van der Waals surface area contributed by atoms with Crippen molar-refractivity contribution < 1.29 is 5.11 Å². The first-order valence-electron chi connectivity index (χ1n) is 7.79. The predicted octanol–water partition coefficient (Wildman–Crippen LogP) is 4.61. The molecule has 1 aromatic carbocycles. The van der Waals surface area contributed by atoms with Gasteiger partial charge in [0.25, 0.3) is 5.56 Å². The number of hydrogen-bond acceptors (Lipinski definition) is 3. The van der Waals surface area contributed by atoms with E-state index in [9.17, 15) is 9.90 Å². The number of para-hydroxylation sites is 1. The predicted molar refractivity (Wildman–Crippen MR) is 95.6 cm³/mol. The lowest BCUT2D eigenvalue weighted by Gasteiger charge is -2.15. The molecule has 1 N–H and O–H groups in total. The lowest BCUT2D eigenvalue weighted by molar-refractivity contribution is 0.464. The largest absolute Gasteiger partial charge is 0.507 e. The van der Waals surface area contributed by atoms with E-state index in [4.69, 9.17) is 0 Å². The van der Waals surface area contributed by atoms with Gasteiger partial charge in [-0.25, -0.2) is 0 Å². The summed E-state index contributed by atoms with van der Waals surface area (Å²) >= 11 is 1.56. The summed E-state index contributed by atoms with van der Waals surface area (Å²) in [6, 6.07) is 15.2. The molecule has 0 fully saturated rings. The Bertz CT molecular complexity index is 836. The number of aromatic nitrogens is 1. The van der Waals surface area contributed by atoms with E-state index < -0.39 is 0 Å². The zero-order valence-electron chi connectivity index (χ0n) is 13.0. The number of rotatable bonds is 5. The van der Waals surface area contributed by atoms with Crippen molar-refractivity contribution in [1.82, 2.24) is 4.57 Å². The number of nitrogens with zero attached hydrogens (tertiary/aromatic N) is 1. The van der Waals surface area contributed by atoms with E-state index in [1.165, 1.54) is 0 Å². The van der Waals surface area contributed by atoms with Crippen molar-refractivity contribution in [2.24, 2.45) is 0 Å². The van der Waals surface area contributed by atoms with Crippen LogP contribution in [0.25, 0.3) is 16.3 Å². The van der Waals surface area contributed by atoms with Crippen LogP contribution in [-0.4, -0.2) is 9.67 Å². The molecule has 3 nitrogen and oxygen atoms in total. The minimum Gasteiger partial charge on any atom is -0.507 e. The lowest BCUT2D eigenvalue weighted by atomic mass is 10.1. The molecule has 0 atom stereocenters. The molecule has 0 aliphatic heterocycles. The summed E-state index contributed by atoms with van der Waals surface area (Å²) in [7, 11) is 0. The van der Waals surface area contributed by atoms with Crippen LogP contribution in [0.4, 0.5) is 0 Å². The van der Waals surface area contributed by atoms with Crippen LogP contribution in [-0.2, 0) is 6.42 Å². The third kappa shape index (κ3) is 3.08. The molecule has 118 valence electrons. The molecule has 3 aromatic rings. The SMILES string of the molecule is CCCCc1c(O)cc(-c2cccs2)n(-c2ccccc2)c1=O. The first kappa shape index (κ1) is 15.6. The summed E-state index contributed by atoms with van der Waals surface area (Å²) in [6.07, 6.45) is 2.46. The molecule has 3 rings (SSSR count). The summed E-state index contributed by atoms with van der Waals surface area (Å²) in [5.41, 5.74) is 1.91. The molecule has 4 heteroatoms. The van der Waals surface area contributed by atoms with Crippen molar-refractivity contribution in [2.45, 2.75) is 26.2 Å². The first-order chi connectivity index (χ1) is 11.2. The van der Waals surface area contributed by atoms with Gasteiger partial charge in [0, 0.05) is 11.8 Å². The molecule has 0 radical (unpaired) electrons. The maximum absolute atomic E-state index is 13.0. The Morgan fingerprint density at radius 3 is 2.57 bits per heavy atom. The van der Waals surface area contributed by atoms with Crippen LogP contribution in [0.3, 0.4) is 0 Å². The Morgan fingerprint density at radius 2 is 1.91 bits per heavy atom. The Labute approximate surface area is 139 Å². The van der Waals surface area contributed by atoms with Gasteiger partial charge in [-0.1, -0.05) is 37.6 Å². The highest BCUT2D eigenvalue weighted by atomic mass is 32.1. The highest BCUT2D eigenvalue weighted by Gasteiger charge is 2.17. The molecule has 0 aliphatic carbocycles. The van der Waals surface area contributed by atoms with Crippen molar-refractivity contribution in [3.8, 4) is 22.0 Å². The van der Waals surface area contributed by atoms with E-state index in [-0.39, 0.29) is 11.3 Å². The van der Waals surface area contributed by atoms with E-state index >= 15 is 0 Å². The summed E-state index contributed by atoms with van der Waals surface area (Å²) in [5.74, 6) is 0.0963. The zero-order chi connectivity index (χ0) is 16.2. The van der Waals surface area contributed by atoms with Gasteiger partial charge in [0.2, 0.25) is 0 Å². The van der Waals surface area contributed by atoms with Crippen LogP contribution in [0.5, 0.6) is 5.75 Å². The van der Waals surface area contributed by atoms with Crippen LogP contribution in [0.1, 0.15) is 25.3 Å². The molecule has 0 aliphatic rings. The second-order valence-electron chi connectivity index (χ2n) is 5.45. The van der Waals surface area contributed by atoms with E-state index in [1.807, 2.05) is 47.8 Å². The molecule has 0 bridgehead atoms. The fourth-order valence-electron chi connectivity index (χ4n) is 2.66. The molecule has 2 heterocycles. The molecule has 23 heavy (non-hydrogen) atoms. The second-order valence-corrected chi connectivity index (χ2v) is 6.40. The van der Waals surface area contributed by atoms with Gasteiger partial charge >= 0.3 is 0 Å². The van der Waals surface area contributed by atoms with Gasteiger partial charge < -0.3 is 5.11 Å². The Morgan fingerprint density at radius 1 is 1.13 bits per heavy atom. The van der Waals surface area contributed by atoms with E-state index in [2.05, 4.69) is 6.92 Å². The van der Waals surface area contributed by atoms with Crippen molar-refractivity contribution in [3.63, 3.8) is 0 Å². The van der Waals surface area contributed by atoms with Gasteiger partial charge in [0.1, 0.15) is 5.75 Å². The monoisotopic (exact) mass is 325 g/mol. The van der Waals surface area contributed by atoms with Crippen LogP contribution < -0.4 is 5.56 Å². The molecule has 0 saturated heterocycles. The number of aromatic hydroxyl groups is 1. The quantitative estimate of drug-likeness (QED) is 0.744. The van der Waals surface area contributed by atoms with Crippen molar-refractivity contribution in [3.05, 3.63) is 69.8 Å². The smallest absolute Gasteiger partial charge is 0.262 e. The third-order valence-electron chi connectivity index (χ3n) is 3.85. The second kappa shape index (κ2) is 6.84. The normalized spacial score (nSPS) is 10.8. The van der Waals surface area contributed by atoms with Gasteiger partial charge in [-0.15, -0.1) is 11.3 Å². The van der Waals surface area contributed by atoms with Crippen molar-refractivity contribution >= 4 is 11.3 Å². The molecular formula is C19H19NO2S. The Balaban J connectivity index is 2.26. The Kier molecular flexibility index (Phi) is 4.63. The lowest BCUT2D eigenvalue weighted by Crippen LogP contribution is -2.23. The van der Waals surface area contributed by atoms with E-state index in [0.717, 1.165) is 29.1 Å². The molecule has 0 saturated carbocycles. The van der Waals surface area contributed by atoms with Crippen LogP contribution >= 0.6 is 11.3 Å². The topological polar surface area (TPSA) is 42.2 Å². The molecule has 0 amide bonds. The van der Waals surface area contributed by atoms with Crippen LogP contribution in [0, 0.1) is 0 Å². The minimum atomic E-state index is -0.131. The number of thiophene rings is 1. The zero-order valence-corrected chi connectivity index (χ0v) is 13.8. The average Bonchev–Trinajstić information content (AvgIpc) is 3.09. The van der Waals surface area contributed by atoms with E-state index in [1.54, 1.807) is 22.0 Å². The van der Waals surface area contributed by atoms with Gasteiger partial charge in [-0.3, -0.25) is 9.36 Å². The highest BCUT2D eigenvalue weighted by Crippen LogP contribution is 2.30. The maximum Gasteiger partial charge on any atom is 0.262 e. The van der Waals surface area contributed by atoms with Crippen molar-refractivity contribution in [1.29, 1.82) is 0 Å². The number of unbranched alkanes of at least 4 members (excludes halogenated alkanes) is 1. The minimum absolute atomic E-state index is 0.0963. The third-order valence-corrected chi connectivity index (χ3v) is 4.75. The summed E-state index contributed by atoms with van der Waals surface area (Å²) in [5, 5.41) is 12.3. The van der Waals surface area contributed by atoms with Crippen LogP contribution in [0.15, 0.2) is 58.7 Å².